The number of fused-ring (bicyclic) bond motifs is 1. The molecule has 1 amide bonds. The van der Waals surface area contributed by atoms with Gasteiger partial charge in [-0.05, 0) is 49.1 Å². The van der Waals surface area contributed by atoms with Gasteiger partial charge in [-0.15, -0.1) is 13.2 Å². The average molecular weight is 418 g/mol. The predicted octanol–water partition coefficient (Wildman–Crippen LogP) is 3.32. The molecule has 2 aliphatic rings. The number of carbonyl (C=O) groups is 1. The van der Waals surface area contributed by atoms with Crippen molar-refractivity contribution in [3.8, 4) is 5.75 Å². The van der Waals surface area contributed by atoms with E-state index in [0.29, 0.717) is 18.1 Å². The molecule has 0 atom stereocenters. The van der Waals surface area contributed by atoms with Gasteiger partial charge in [0.15, 0.2) is 6.67 Å². The zero-order valence-electron chi connectivity index (χ0n) is 16.6. The quantitative estimate of drug-likeness (QED) is 0.828. The van der Waals surface area contributed by atoms with Crippen molar-refractivity contribution in [2.75, 3.05) is 24.7 Å². The lowest BCUT2D eigenvalue weighted by Crippen LogP contribution is -3.14. The number of ether oxygens (including phenoxy) is 1. The third-order valence-electron chi connectivity index (χ3n) is 5.57. The zero-order valence-corrected chi connectivity index (χ0v) is 16.6. The number of rotatable bonds is 4. The van der Waals surface area contributed by atoms with Crippen LogP contribution in [0.1, 0.15) is 25.3 Å². The molecular formula is C22H23F3N3O2+. The van der Waals surface area contributed by atoms with Gasteiger partial charge in [-0.2, -0.15) is 0 Å². The lowest BCUT2D eigenvalue weighted by Gasteiger charge is -2.30. The number of aliphatic imine (C=N–C) groups is 1. The Morgan fingerprint density at radius 2 is 1.77 bits per heavy atom. The molecule has 1 fully saturated rings. The van der Waals surface area contributed by atoms with Crippen LogP contribution in [-0.2, 0) is 4.79 Å². The van der Waals surface area contributed by atoms with Crippen molar-refractivity contribution >= 4 is 23.0 Å². The number of nitrogens with zero attached hydrogens (tertiary/aromatic N) is 2. The van der Waals surface area contributed by atoms with E-state index in [4.69, 9.17) is 0 Å². The molecule has 158 valence electrons. The van der Waals surface area contributed by atoms with Crippen LogP contribution in [0.2, 0.25) is 0 Å². The van der Waals surface area contributed by atoms with Crippen LogP contribution in [0.25, 0.3) is 0 Å². The second-order valence-corrected chi connectivity index (χ2v) is 7.84. The van der Waals surface area contributed by atoms with Gasteiger partial charge in [0.2, 0.25) is 0 Å². The topological polar surface area (TPSA) is 46.3 Å². The molecule has 1 N–H and O–H groups in total. The summed E-state index contributed by atoms with van der Waals surface area (Å²) in [6.07, 6.45) is -2.46. The van der Waals surface area contributed by atoms with Gasteiger partial charge >= 0.3 is 6.36 Å². The number of hydrogen-bond acceptors (Lipinski definition) is 3. The van der Waals surface area contributed by atoms with Gasteiger partial charge in [0.25, 0.3) is 5.91 Å². The second-order valence-electron chi connectivity index (χ2n) is 7.84. The Labute approximate surface area is 172 Å². The Hall–Kier alpha value is -2.87. The summed E-state index contributed by atoms with van der Waals surface area (Å²) in [5.74, 6) is 0.212. The van der Waals surface area contributed by atoms with Crippen molar-refractivity contribution in [1.29, 1.82) is 0 Å². The lowest BCUT2D eigenvalue weighted by molar-refractivity contribution is -0.904. The summed E-state index contributed by atoms with van der Waals surface area (Å²) in [7, 11) is 0. The fourth-order valence-corrected chi connectivity index (χ4v) is 3.93. The number of quaternary nitrogens is 1. The van der Waals surface area contributed by atoms with Gasteiger partial charge in [-0.3, -0.25) is 9.69 Å². The van der Waals surface area contributed by atoms with Crippen molar-refractivity contribution in [3.05, 3.63) is 54.1 Å². The van der Waals surface area contributed by atoms with E-state index in [2.05, 4.69) is 16.7 Å². The molecule has 30 heavy (non-hydrogen) atoms. The molecule has 0 aliphatic carbocycles. The van der Waals surface area contributed by atoms with Gasteiger partial charge in [0, 0.05) is 5.56 Å². The predicted molar refractivity (Wildman–Crippen MR) is 107 cm³/mol. The molecule has 0 radical (unpaired) electrons. The first-order chi connectivity index (χ1) is 14.3. The maximum atomic E-state index is 13.2. The van der Waals surface area contributed by atoms with Crippen LogP contribution in [0.15, 0.2) is 53.5 Å². The number of benzene rings is 2. The largest absolute Gasteiger partial charge is 0.573 e. The first kappa shape index (κ1) is 20.4. The lowest BCUT2D eigenvalue weighted by atomic mass is 10.00. The fraction of sp³-hybridized carbons (Fsp3) is 0.364. The van der Waals surface area contributed by atoms with Crippen LogP contribution < -0.4 is 14.5 Å². The fourth-order valence-electron chi connectivity index (χ4n) is 3.93. The number of anilines is 1. The highest BCUT2D eigenvalue weighted by Gasteiger charge is 2.36. The highest BCUT2D eigenvalue weighted by Crippen LogP contribution is 2.31. The highest BCUT2D eigenvalue weighted by molar-refractivity contribution is 6.54. The van der Waals surface area contributed by atoms with E-state index in [1.807, 2.05) is 24.3 Å². The zero-order chi connectivity index (χ0) is 21.3. The number of nitrogens with one attached hydrogen (secondary N) is 1. The van der Waals surface area contributed by atoms with Crippen LogP contribution >= 0.6 is 0 Å². The number of piperidine rings is 1. The molecule has 4 rings (SSSR count). The number of para-hydroxylation sites is 1. The van der Waals surface area contributed by atoms with E-state index in [9.17, 15) is 18.0 Å². The van der Waals surface area contributed by atoms with Crippen LogP contribution in [0.3, 0.4) is 0 Å². The van der Waals surface area contributed by atoms with E-state index in [1.54, 1.807) is 4.90 Å². The van der Waals surface area contributed by atoms with Crippen molar-refractivity contribution in [1.82, 2.24) is 0 Å². The molecule has 2 aromatic carbocycles. The second kappa shape index (κ2) is 8.10. The van der Waals surface area contributed by atoms with E-state index in [0.717, 1.165) is 43.1 Å². The monoisotopic (exact) mass is 418 g/mol. The number of carbonyl (C=O) groups excluding carboxylic acids is 1. The Morgan fingerprint density at radius 1 is 1.10 bits per heavy atom. The smallest absolute Gasteiger partial charge is 0.406 e. The van der Waals surface area contributed by atoms with Crippen LogP contribution in [0.5, 0.6) is 5.75 Å². The molecule has 0 unspecified atom stereocenters. The molecule has 2 aliphatic heterocycles. The summed E-state index contributed by atoms with van der Waals surface area (Å²) in [5, 5.41) is 0. The molecule has 1 saturated heterocycles. The van der Waals surface area contributed by atoms with Gasteiger partial charge in [-0.25, -0.2) is 4.99 Å². The Bertz CT molecular complexity index is 949. The molecule has 0 saturated carbocycles. The van der Waals surface area contributed by atoms with Crippen molar-refractivity contribution in [2.45, 2.75) is 26.1 Å². The minimum Gasteiger partial charge on any atom is -0.406 e. The third-order valence-corrected chi connectivity index (χ3v) is 5.57. The van der Waals surface area contributed by atoms with Gasteiger partial charge in [0.1, 0.15) is 11.5 Å². The van der Waals surface area contributed by atoms with Gasteiger partial charge in [0.05, 0.1) is 24.5 Å². The van der Waals surface area contributed by atoms with Gasteiger partial charge < -0.3 is 9.64 Å². The molecular weight excluding hydrogens is 395 g/mol. The first-order valence-corrected chi connectivity index (χ1v) is 9.99. The molecule has 2 heterocycles. The Kier molecular flexibility index (Phi) is 5.51. The maximum Gasteiger partial charge on any atom is 0.573 e. The normalized spacial score (nSPS) is 23.0. The summed E-state index contributed by atoms with van der Waals surface area (Å²) >= 11 is 0. The minimum atomic E-state index is -4.75. The highest BCUT2D eigenvalue weighted by atomic mass is 19.4. The van der Waals surface area contributed by atoms with Gasteiger partial charge in [-0.1, -0.05) is 25.1 Å². The van der Waals surface area contributed by atoms with E-state index in [-0.39, 0.29) is 11.7 Å². The number of hydrogen-bond donors (Lipinski definition) is 1. The van der Waals surface area contributed by atoms with Crippen molar-refractivity contribution in [2.24, 2.45) is 10.9 Å². The van der Waals surface area contributed by atoms with Crippen molar-refractivity contribution < 1.29 is 27.6 Å². The summed E-state index contributed by atoms with van der Waals surface area (Å²) in [6.45, 7) is 4.89. The summed E-state index contributed by atoms with van der Waals surface area (Å²) < 4.78 is 40.9. The third kappa shape index (κ3) is 4.48. The van der Waals surface area contributed by atoms with Crippen LogP contribution in [-0.4, -0.2) is 37.7 Å². The van der Waals surface area contributed by atoms with Crippen molar-refractivity contribution in [3.63, 3.8) is 0 Å². The van der Waals surface area contributed by atoms with Crippen LogP contribution in [0.4, 0.5) is 24.5 Å². The van der Waals surface area contributed by atoms with Crippen LogP contribution in [0, 0.1) is 5.92 Å². The standard InChI is InChI=1S/C22H22F3N3O2/c1-15-10-12-27(13-11-15)14-28-19-5-3-2-4-18(19)20(21(28)29)26-16-6-8-17(9-7-16)30-22(23,24)25/h2-9,15H,10-14H2,1H3/p+1. The maximum absolute atomic E-state index is 13.2. The minimum absolute atomic E-state index is 0.182. The summed E-state index contributed by atoms with van der Waals surface area (Å²) in [5.41, 5.74) is 2.26. The molecule has 0 spiro atoms. The first-order valence-electron chi connectivity index (χ1n) is 9.99. The number of amides is 1. The molecule has 5 nitrogen and oxygen atoms in total. The Morgan fingerprint density at radius 3 is 2.43 bits per heavy atom. The molecule has 8 heteroatoms. The molecule has 0 bridgehead atoms. The average Bonchev–Trinajstić information content (AvgIpc) is 2.96. The molecule has 0 aromatic heterocycles. The summed E-state index contributed by atoms with van der Waals surface area (Å²) in [4.78, 5) is 20.8. The number of alkyl halides is 3. The number of halogens is 3. The summed E-state index contributed by atoms with van der Waals surface area (Å²) in [6, 6.07) is 12.7. The number of likely N-dealkylation sites (tertiary alicyclic amines) is 1. The van der Waals surface area contributed by atoms with E-state index < -0.39 is 6.36 Å². The molecule has 2 aromatic rings. The van der Waals surface area contributed by atoms with E-state index in [1.165, 1.54) is 29.2 Å². The van der Waals surface area contributed by atoms with E-state index >= 15 is 0 Å². The SMILES string of the molecule is CC1CC[NH+](CN2C(=O)C(=Nc3ccc(OC(F)(F)F)cc3)c3ccccc32)CC1. The Balaban J connectivity index is 1.57.